The van der Waals surface area contributed by atoms with Crippen LogP contribution in [0.3, 0.4) is 0 Å². The van der Waals surface area contributed by atoms with Gasteiger partial charge in [-0.15, -0.1) is 0 Å². The van der Waals surface area contributed by atoms with E-state index < -0.39 is 17.2 Å². The highest BCUT2D eigenvalue weighted by atomic mass is 19.1. The van der Waals surface area contributed by atoms with E-state index in [1.54, 1.807) is 0 Å². The highest BCUT2D eigenvalue weighted by Gasteiger charge is 2.40. The number of rotatable bonds is 2. The van der Waals surface area contributed by atoms with Crippen LogP contribution in [0.5, 0.6) is 0 Å². The fourth-order valence-electron chi connectivity index (χ4n) is 3.38. The summed E-state index contributed by atoms with van der Waals surface area (Å²) in [6, 6.07) is 11.7. The van der Waals surface area contributed by atoms with Crippen molar-refractivity contribution in [2.75, 3.05) is 18.5 Å². The van der Waals surface area contributed by atoms with Crippen molar-refractivity contribution in [2.45, 2.75) is 24.9 Å². The Morgan fingerprint density at radius 1 is 1.04 bits per heavy atom. The van der Waals surface area contributed by atoms with Crippen LogP contribution < -0.4 is 10.6 Å². The third-order valence-corrected chi connectivity index (χ3v) is 4.80. The maximum Gasteiger partial charge on any atom is 0.131 e. The Balaban J connectivity index is 1.66. The van der Waals surface area contributed by atoms with Gasteiger partial charge in [-0.2, -0.15) is 0 Å². The van der Waals surface area contributed by atoms with Gasteiger partial charge in [0.1, 0.15) is 17.5 Å². The second-order valence-electron chi connectivity index (χ2n) is 6.35. The Hall–Kier alpha value is -2.47. The summed E-state index contributed by atoms with van der Waals surface area (Å²) in [6.45, 7) is 1.28. The normalized spacial score (nSPS) is 18.2. The second-order valence-corrected chi connectivity index (χ2v) is 6.35. The van der Waals surface area contributed by atoms with Crippen LogP contribution in [-0.2, 0) is 11.3 Å². The first-order valence-corrected chi connectivity index (χ1v) is 8.39. The van der Waals surface area contributed by atoms with E-state index in [0.29, 0.717) is 19.0 Å². The summed E-state index contributed by atoms with van der Waals surface area (Å²) >= 11 is 0. The summed E-state index contributed by atoms with van der Waals surface area (Å²) in [5.74, 6) is -0.409. The molecule has 0 atom stereocenters. The van der Waals surface area contributed by atoms with Crippen LogP contribution in [0.1, 0.15) is 18.4 Å². The minimum absolute atomic E-state index is 0.0197. The Morgan fingerprint density at radius 2 is 1.76 bits per heavy atom. The predicted octanol–water partition coefficient (Wildman–Crippen LogP) is 3.76. The average molecular weight is 343 g/mol. The van der Waals surface area contributed by atoms with Crippen molar-refractivity contribution >= 4 is 17.2 Å². The van der Waals surface area contributed by atoms with Crippen molar-refractivity contribution in [3.63, 3.8) is 0 Å². The fourth-order valence-corrected chi connectivity index (χ4v) is 3.38. The van der Waals surface area contributed by atoms with Gasteiger partial charge in [-0.05, 0) is 24.3 Å². The molecule has 1 spiro atoms. The molecular weight excluding hydrogens is 324 g/mol. The van der Waals surface area contributed by atoms with Gasteiger partial charge >= 0.3 is 0 Å². The van der Waals surface area contributed by atoms with Crippen LogP contribution in [0.15, 0.2) is 47.5 Å². The third kappa shape index (κ3) is 2.98. The first kappa shape index (κ1) is 16.0. The zero-order valence-corrected chi connectivity index (χ0v) is 13.7. The number of benzene rings is 2. The van der Waals surface area contributed by atoms with Crippen LogP contribution in [-0.4, -0.2) is 24.6 Å². The number of nitrogens with zero attached hydrogens (tertiary/aromatic N) is 1. The fraction of sp³-hybridized carbons (Fsp3) is 0.316. The minimum atomic E-state index is -0.557. The van der Waals surface area contributed by atoms with E-state index in [-0.39, 0.29) is 12.1 Å². The van der Waals surface area contributed by atoms with E-state index in [2.05, 4.69) is 10.6 Å². The zero-order chi connectivity index (χ0) is 17.3. The van der Waals surface area contributed by atoms with Crippen molar-refractivity contribution in [1.29, 1.82) is 0 Å². The van der Waals surface area contributed by atoms with E-state index in [4.69, 9.17) is 9.73 Å². The quantitative estimate of drug-likeness (QED) is 0.873. The predicted molar refractivity (Wildman–Crippen MR) is 93.1 cm³/mol. The molecule has 0 aromatic heterocycles. The SMILES string of the molecule is Fc1cccc(F)c1CNC1=Nc2ccccc2NC12CCOCC2. The molecule has 130 valence electrons. The van der Waals surface area contributed by atoms with Gasteiger partial charge in [-0.25, -0.2) is 13.8 Å². The number of aliphatic imine (C=N–C) groups is 1. The van der Waals surface area contributed by atoms with Crippen LogP contribution in [0.2, 0.25) is 0 Å². The average Bonchev–Trinajstić information content (AvgIpc) is 2.62. The van der Waals surface area contributed by atoms with Crippen molar-refractivity contribution in [3.05, 3.63) is 59.7 Å². The van der Waals surface area contributed by atoms with Gasteiger partial charge in [0.25, 0.3) is 0 Å². The smallest absolute Gasteiger partial charge is 0.131 e. The molecule has 4 rings (SSSR count). The zero-order valence-electron chi connectivity index (χ0n) is 13.7. The standard InChI is InChI=1S/C19H19F2N3O/c20-14-4-3-5-15(21)13(14)12-22-18-19(8-10-25-11-9-19)24-17-7-2-1-6-16(17)23-18/h1-7,24H,8-12H2,(H,22,23). The van der Waals surface area contributed by atoms with Crippen molar-refractivity contribution in [2.24, 2.45) is 4.99 Å². The molecule has 6 heteroatoms. The molecule has 0 amide bonds. The molecular formula is C19H19F2N3O. The molecule has 0 radical (unpaired) electrons. The minimum Gasteiger partial charge on any atom is -0.381 e. The van der Waals surface area contributed by atoms with Crippen molar-refractivity contribution in [1.82, 2.24) is 5.32 Å². The van der Waals surface area contributed by atoms with Crippen LogP contribution in [0, 0.1) is 11.6 Å². The number of nitrogens with one attached hydrogen (secondary N) is 2. The van der Waals surface area contributed by atoms with Gasteiger partial charge in [0.05, 0.1) is 16.9 Å². The Kier molecular flexibility index (Phi) is 4.13. The van der Waals surface area contributed by atoms with E-state index in [1.807, 2.05) is 24.3 Å². The summed E-state index contributed by atoms with van der Waals surface area (Å²) in [4.78, 5) is 4.74. The lowest BCUT2D eigenvalue weighted by atomic mass is 9.86. The highest BCUT2D eigenvalue weighted by molar-refractivity contribution is 6.00. The van der Waals surface area contributed by atoms with E-state index >= 15 is 0 Å². The molecule has 0 bridgehead atoms. The third-order valence-electron chi connectivity index (χ3n) is 4.80. The number of anilines is 1. The van der Waals surface area contributed by atoms with Crippen LogP contribution >= 0.6 is 0 Å². The summed E-state index contributed by atoms with van der Waals surface area (Å²) in [5, 5.41) is 6.74. The van der Waals surface area contributed by atoms with Crippen molar-refractivity contribution < 1.29 is 13.5 Å². The van der Waals surface area contributed by atoms with Crippen LogP contribution in [0.25, 0.3) is 0 Å². The number of hydrogen-bond donors (Lipinski definition) is 2. The molecule has 1 fully saturated rings. The summed E-state index contributed by atoms with van der Waals surface area (Å²) in [7, 11) is 0. The molecule has 2 N–H and O–H groups in total. The number of halogens is 2. The van der Waals surface area contributed by atoms with Crippen molar-refractivity contribution in [3.8, 4) is 0 Å². The molecule has 1 saturated heterocycles. The van der Waals surface area contributed by atoms with E-state index in [1.165, 1.54) is 18.2 Å². The molecule has 2 aliphatic rings. The number of hydrogen-bond acceptors (Lipinski definition) is 4. The maximum absolute atomic E-state index is 13.9. The van der Waals surface area contributed by atoms with Gasteiger partial charge in [-0.3, -0.25) is 0 Å². The first-order chi connectivity index (χ1) is 12.2. The molecule has 25 heavy (non-hydrogen) atoms. The molecule has 0 aliphatic carbocycles. The number of para-hydroxylation sites is 2. The Morgan fingerprint density at radius 3 is 2.52 bits per heavy atom. The molecule has 2 aliphatic heterocycles. The largest absolute Gasteiger partial charge is 0.381 e. The first-order valence-electron chi connectivity index (χ1n) is 8.39. The van der Waals surface area contributed by atoms with E-state index in [9.17, 15) is 8.78 Å². The number of fused-ring (bicyclic) bond motifs is 1. The van der Waals surface area contributed by atoms with Gasteiger partial charge in [0, 0.05) is 38.2 Å². The molecule has 2 aromatic carbocycles. The topological polar surface area (TPSA) is 45.7 Å². The Bertz CT molecular complexity index is 796. The molecule has 2 heterocycles. The molecule has 0 saturated carbocycles. The molecule has 0 unspecified atom stereocenters. The van der Waals surface area contributed by atoms with Gasteiger partial charge in [0.2, 0.25) is 0 Å². The summed E-state index contributed by atoms with van der Waals surface area (Å²) < 4.78 is 33.3. The van der Waals surface area contributed by atoms with Gasteiger partial charge in [0.15, 0.2) is 0 Å². The Labute approximate surface area is 144 Å². The highest BCUT2D eigenvalue weighted by Crippen LogP contribution is 2.37. The molecule has 2 aromatic rings. The number of amidine groups is 1. The van der Waals surface area contributed by atoms with Crippen LogP contribution in [0.4, 0.5) is 20.2 Å². The summed E-state index contributed by atoms with van der Waals surface area (Å²) in [5.41, 5.74) is 1.41. The lowest BCUT2D eigenvalue weighted by molar-refractivity contribution is 0.0771. The van der Waals surface area contributed by atoms with E-state index in [0.717, 1.165) is 24.2 Å². The summed E-state index contributed by atoms with van der Waals surface area (Å²) in [6.07, 6.45) is 1.49. The maximum atomic E-state index is 13.9. The number of ether oxygens (including phenoxy) is 1. The monoisotopic (exact) mass is 343 g/mol. The lowest BCUT2D eigenvalue weighted by Crippen LogP contribution is -2.56. The molecule has 4 nitrogen and oxygen atoms in total. The van der Waals surface area contributed by atoms with Gasteiger partial charge < -0.3 is 15.4 Å². The van der Waals surface area contributed by atoms with Gasteiger partial charge in [-0.1, -0.05) is 18.2 Å². The second kappa shape index (κ2) is 6.44. The lowest BCUT2D eigenvalue weighted by Gasteiger charge is -2.42.